The summed E-state index contributed by atoms with van der Waals surface area (Å²) >= 11 is 12.0. The van der Waals surface area contributed by atoms with E-state index in [0.717, 1.165) is 127 Å². The fraction of sp³-hybridized carbons (Fsp3) is 0.579. The van der Waals surface area contributed by atoms with Crippen LogP contribution in [0.15, 0.2) is 158 Å². The average molecular weight is 1860 g/mol. The predicted molar refractivity (Wildman–Crippen MR) is 514 cm³/mol. The van der Waals surface area contributed by atoms with E-state index in [9.17, 15) is 35.1 Å². The second kappa shape index (κ2) is 45.0. The molecule has 696 valence electrons. The molecule has 21 heteroatoms. The van der Waals surface area contributed by atoms with Gasteiger partial charge in [-0.05, 0) is 221 Å². The molecule has 5 saturated carbocycles. The Morgan fingerprint density at radius 3 is 1.22 bits per heavy atom. The molecule has 10 aliphatic carbocycles. The van der Waals surface area contributed by atoms with Gasteiger partial charge in [-0.2, -0.15) is 0 Å². The summed E-state index contributed by atoms with van der Waals surface area (Å²) in [6.45, 7) is 32.9. The van der Waals surface area contributed by atoms with E-state index in [-0.39, 0.29) is 89.8 Å². The summed E-state index contributed by atoms with van der Waals surface area (Å²) in [6, 6.07) is 15.4. The van der Waals surface area contributed by atoms with Crippen molar-refractivity contribution in [2.24, 2.45) is 59.2 Å². The van der Waals surface area contributed by atoms with Gasteiger partial charge in [0, 0.05) is 79.3 Å². The Balaban J connectivity index is 0.000000174. The second-order valence-electron chi connectivity index (χ2n) is 42.4. The zero-order chi connectivity index (χ0) is 91.7. The average Bonchev–Trinajstić information content (AvgIpc) is 1.53. The third-order valence-electron chi connectivity index (χ3n) is 29.5. The first-order valence-electron chi connectivity index (χ1n) is 47.8. The van der Waals surface area contributed by atoms with E-state index in [1.807, 2.05) is 60.9 Å². The van der Waals surface area contributed by atoms with Crippen molar-refractivity contribution in [3.63, 3.8) is 0 Å². The quantitative estimate of drug-likeness (QED) is 0.0108. The number of allylic oxidation sites excluding steroid dienone is 18. The molecule has 0 bridgehead atoms. The third-order valence-corrected chi connectivity index (χ3v) is 42.3. The Hall–Kier alpha value is -5.11. The first-order chi connectivity index (χ1) is 60.2. The van der Waals surface area contributed by atoms with E-state index < -0.39 is 98.7 Å². The Kier molecular flexibility index (Phi) is 36.4. The molecular weight excluding hydrogens is 1710 g/mol. The van der Waals surface area contributed by atoms with Crippen molar-refractivity contribution in [3.8, 4) is 0 Å². The number of nitrogens with zero attached hydrogens (tertiary/aromatic N) is 2. The van der Waals surface area contributed by atoms with Crippen LogP contribution in [-0.4, -0.2) is 71.5 Å². The largest absolute Gasteiger partial charge is 1.00 e. The minimum absolute atomic E-state index is 0. The second-order valence-corrected chi connectivity index (χ2v) is 60.8. The summed E-state index contributed by atoms with van der Waals surface area (Å²) in [4.78, 5) is 3.78. The molecule has 4 aromatic rings. The summed E-state index contributed by atoms with van der Waals surface area (Å²) in [6.07, 6.45) is 71.2. The van der Waals surface area contributed by atoms with Gasteiger partial charge >= 0.3 is 18.9 Å². The number of aryl methyl sites for hydroxylation is 2. The molecule has 2 heterocycles. The number of anilines is 2. The fourth-order valence-electron chi connectivity index (χ4n) is 23.5. The summed E-state index contributed by atoms with van der Waals surface area (Å²) in [5, 5.41) is 0. The van der Waals surface area contributed by atoms with Crippen LogP contribution < -0.4 is 28.7 Å². The van der Waals surface area contributed by atoms with Crippen molar-refractivity contribution in [3.05, 3.63) is 256 Å². The molecule has 4 aromatic carbocycles. The van der Waals surface area contributed by atoms with Gasteiger partial charge in [-0.1, -0.05) is 260 Å². The van der Waals surface area contributed by atoms with Crippen molar-refractivity contribution in [1.82, 2.24) is 0 Å². The number of unbranched alkanes of at least 4 members (excludes halogenated alkanes) is 9. The Bertz CT molecular complexity index is 4630. The smallest absolute Gasteiger partial charge is 0.376 e. The van der Waals surface area contributed by atoms with E-state index in [2.05, 4.69) is 211 Å². The summed E-state index contributed by atoms with van der Waals surface area (Å²) < 4.78 is 161. The normalized spacial score (nSPS) is 27.2. The number of hydrogen-bond acceptors (Lipinski definition) is 5. The van der Waals surface area contributed by atoms with Crippen LogP contribution in [0.3, 0.4) is 0 Å². The van der Waals surface area contributed by atoms with Crippen LogP contribution in [0.1, 0.15) is 230 Å². The van der Waals surface area contributed by atoms with Crippen molar-refractivity contribution < 1.29 is 77.0 Å². The fourth-order valence-corrected chi connectivity index (χ4v) is 35.7. The molecule has 16 rings (SSSR count). The zero-order valence-electron chi connectivity index (χ0n) is 79.2. The molecule has 18 unspecified atom stereocenters. The number of rotatable bonds is 28. The van der Waals surface area contributed by atoms with E-state index in [0.29, 0.717) is 22.9 Å². The van der Waals surface area contributed by atoms with Gasteiger partial charge < -0.3 is 30.4 Å². The monoisotopic (exact) mass is 1850 g/mol. The van der Waals surface area contributed by atoms with Gasteiger partial charge in [0.15, 0.2) is 46.5 Å². The molecule has 2 aliphatic heterocycles. The van der Waals surface area contributed by atoms with Gasteiger partial charge in [0.25, 0.3) is 0 Å². The van der Waals surface area contributed by atoms with E-state index in [1.165, 1.54) is 95.6 Å². The van der Waals surface area contributed by atoms with Crippen molar-refractivity contribution >= 4 is 56.4 Å². The predicted octanol–water partition coefficient (Wildman–Crippen LogP) is 28.7. The molecule has 0 saturated heterocycles. The van der Waals surface area contributed by atoms with Crippen LogP contribution in [0.4, 0.5) is 55.3 Å². The van der Waals surface area contributed by atoms with E-state index in [4.69, 9.17) is 36.4 Å². The van der Waals surface area contributed by atoms with Gasteiger partial charge in [-0.25, -0.2) is 43.9 Å². The molecule has 0 N–H and O–H groups in total. The Labute approximate surface area is 785 Å². The van der Waals surface area contributed by atoms with Gasteiger partial charge in [-0.3, -0.25) is 0 Å². The Morgan fingerprint density at radius 1 is 0.383 bits per heavy atom. The summed E-state index contributed by atoms with van der Waals surface area (Å²) in [5.41, 5.74) is 6.24. The molecule has 5 nitrogen and oxygen atoms in total. The van der Waals surface area contributed by atoms with Crippen molar-refractivity contribution in [2.45, 2.75) is 313 Å². The number of ether oxygens (including phenoxy) is 3. The SMILES string of the molecule is C1=CC2CCCC2C=C1.CC(C)(C)OCCCCCC[Si](C)(C)C1CCC2C=CC=CC21.CC(C)(C)OCCCCCC[Si](C)(Cl)Cl.Cc1ccc2c(c1)C1C(C3C=CC=CC3C1[Si](C)(CCCCCCOC(C)(C)C)C1CCC3C=CC=CC31)N2Cc1c(F)c(F)c(F)c(F)c1F.Cc1ccc2c(c1)C1[CH-]C3C=CC=CC3C1N2Cc1c(F)c(F)c(F)c(F)c1F.[Li+]. The molecule has 5 fully saturated rings. The molecular formula is C107H143Cl2F10LiN2O3Si3. The molecule has 18 atom stereocenters. The van der Waals surface area contributed by atoms with Crippen LogP contribution in [0, 0.1) is 138 Å². The zero-order valence-corrected chi connectivity index (χ0v) is 83.7. The molecule has 0 spiro atoms. The molecule has 12 aliphatic rings. The van der Waals surface area contributed by atoms with Crippen LogP contribution in [0.2, 0.25) is 60.9 Å². The minimum Gasteiger partial charge on any atom is -0.376 e. The van der Waals surface area contributed by atoms with Crippen molar-refractivity contribution in [1.29, 1.82) is 0 Å². The molecule has 128 heavy (non-hydrogen) atoms. The minimum atomic E-state index is -2.18. The molecule has 0 amide bonds. The first-order valence-corrected chi connectivity index (χ1v) is 58.7. The van der Waals surface area contributed by atoms with E-state index >= 15 is 8.78 Å². The Morgan fingerprint density at radius 2 is 0.750 bits per heavy atom. The third kappa shape index (κ3) is 25.3. The number of benzene rings is 4. The summed E-state index contributed by atoms with van der Waals surface area (Å²) in [7, 11) is -3.28. The number of hydrogen-bond donors (Lipinski definition) is 0. The van der Waals surface area contributed by atoms with Gasteiger partial charge in [0.05, 0.1) is 33.0 Å². The maximum atomic E-state index is 15.3. The first kappa shape index (κ1) is 103. The van der Waals surface area contributed by atoms with Gasteiger partial charge in [-0.15, -0.1) is 40.1 Å². The maximum absolute atomic E-state index is 15.3. The van der Waals surface area contributed by atoms with Crippen LogP contribution in [-0.2, 0) is 27.3 Å². The van der Waals surface area contributed by atoms with Gasteiger partial charge in [0.2, 0.25) is 18.3 Å². The summed E-state index contributed by atoms with van der Waals surface area (Å²) in [5.74, 6) is -13.6. The van der Waals surface area contributed by atoms with E-state index in [1.54, 1.807) is 4.90 Å². The molecule has 0 radical (unpaired) electrons. The number of halogens is 12. The standard InChI is InChI=1S/C43H52F5NOSi.C23H17F5N.C21H38OSi.C11H24Cl2OSi.C9H12.Li/c1-26-18-20-33-31(24-26)35-41(49(33)25-32-36(44)38(46)40(48)39(47)37(32)45)29-16-10-11-17-30(29)42(35)51(5,23-13-7-6-12-22-50-43(2,3)4)34-21-19-27-14-8-9-15-28(27)34;1-11-6-7-17-14(8-11)15-9-12-4-2-3-5-13(12)23(15)29(17)10-16-18(24)20(26)22(28)21(27)19(16)25;1-21(2,3)22-16-10-6-7-11-17-23(4,5)20-15-14-18-12-8-9-13-19(18)20;1-11(2,3)14-9-7-5-6-8-10-15(4,12)13;1-2-5-9-7-3-6-8(9)4-1;/h8-11,14-18,20,24,27-30,34-35,41-42H,6-7,12-13,19,21-23,25H2,1-5H3;2-9,12-13,15,23H,10H2,1H3;8-9,12-13,18-20H,6-7,10-11,14-17H2,1-5H3;5-10H2,1-4H3;1-2,4-5,8-9H,3,6-7H2;/q;-1;;;;+1. The van der Waals surface area contributed by atoms with Crippen LogP contribution >= 0.6 is 22.2 Å². The molecule has 0 aromatic heterocycles. The van der Waals surface area contributed by atoms with Crippen molar-refractivity contribution in [2.75, 3.05) is 29.6 Å². The maximum Gasteiger partial charge on any atom is 1.00 e. The van der Waals surface area contributed by atoms with Crippen LogP contribution in [0.25, 0.3) is 0 Å². The number of fused-ring (bicyclic) bond motifs is 13. The van der Waals surface area contributed by atoms with Crippen LogP contribution in [0.5, 0.6) is 0 Å². The topological polar surface area (TPSA) is 34.2 Å². The van der Waals surface area contributed by atoms with Gasteiger partial charge in [0.1, 0.15) is 0 Å².